The first kappa shape index (κ1) is 31.3. The van der Waals surface area contributed by atoms with E-state index in [1.165, 1.54) is 83.5 Å². The molecule has 0 saturated carbocycles. The molecule has 0 radical (unpaired) electrons. The van der Waals surface area contributed by atoms with E-state index in [0.29, 0.717) is 32.2 Å². The lowest BCUT2D eigenvalue weighted by Crippen LogP contribution is -2.26. The number of amides is 1. The van der Waals surface area contributed by atoms with Crippen LogP contribution >= 0.6 is 0 Å². The summed E-state index contributed by atoms with van der Waals surface area (Å²) in [6.45, 7) is 4.68. The lowest BCUT2D eigenvalue weighted by molar-refractivity contribution is -0.121. The number of carbonyl (C=O) groups excluding carboxylic acids is 1. The largest absolute Gasteiger partial charge is 0.399 e. The Hall–Kier alpha value is -0.660. The number of unbranched alkanes of at least 4 members (excludes halogenated alkanes) is 14. The van der Waals surface area contributed by atoms with Crippen molar-refractivity contribution in [1.82, 2.24) is 5.32 Å². The van der Waals surface area contributed by atoms with Crippen molar-refractivity contribution in [3.05, 3.63) is 0 Å². The first-order valence-electron chi connectivity index (χ1n) is 13.2. The summed E-state index contributed by atoms with van der Waals surface area (Å²) < 4.78 is 31.9. The quantitative estimate of drug-likeness (QED) is 0.154. The molecule has 0 aliphatic rings. The zero-order valence-electron chi connectivity index (χ0n) is 21.2. The Kier molecular flexibility index (Phi) is 21.7. The zero-order valence-corrected chi connectivity index (χ0v) is 22.0. The number of carbonyl (C=O) groups is 1. The average Bonchev–Trinajstić information content (AvgIpc) is 2.78. The number of hydrogen-bond donors (Lipinski definition) is 1. The zero-order chi connectivity index (χ0) is 23.9. The maximum atomic E-state index is 11.9. The van der Waals surface area contributed by atoms with Crippen LogP contribution < -0.4 is 5.32 Å². The molecule has 32 heavy (non-hydrogen) atoms. The molecular formula is C25H51NO5S. The van der Waals surface area contributed by atoms with Gasteiger partial charge in [-0.3, -0.25) is 8.98 Å². The Balaban J connectivity index is 3.41. The Morgan fingerprint density at radius 3 is 1.66 bits per heavy atom. The van der Waals surface area contributed by atoms with Gasteiger partial charge in [-0.05, 0) is 25.7 Å². The van der Waals surface area contributed by atoms with Crippen LogP contribution in [0.3, 0.4) is 0 Å². The molecule has 0 heterocycles. The molecule has 0 aliphatic carbocycles. The van der Waals surface area contributed by atoms with Gasteiger partial charge < -0.3 is 5.32 Å². The first-order chi connectivity index (χ1) is 15.4. The van der Waals surface area contributed by atoms with Crippen LogP contribution in [0.5, 0.6) is 0 Å². The minimum atomic E-state index is -3.90. The summed E-state index contributed by atoms with van der Waals surface area (Å²) in [6.07, 6.45) is 21.8. The van der Waals surface area contributed by atoms with Crippen LogP contribution in [0.15, 0.2) is 0 Å². The maximum absolute atomic E-state index is 11.9. The predicted octanol–water partition coefficient (Wildman–Crippen LogP) is 6.83. The highest BCUT2D eigenvalue weighted by Gasteiger charge is 2.17. The molecule has 0 bridgehead atoms. The lowest BCUT2D eigenvalue weighted by Gasteiger charge is -2.14. The van der Waals surface area contributed by atoms with Gasteiger partial charge in [-0.15, -0.1) is 0 Å². The second kappa shape index (κ2) is 22.1. The van der Waals surface area contributed by atoms with E-state index in [1.807, 2.05) is 6.92 Å². The van der Waals surface area contributed by atoms with Crippen molar-refractivity contribution in [3.8, 4) is 0 Å². The Morgan fingerprint density at radius 1 is 0.750 bits per heavy atom. The molecule has 192 valence electrons. The second-order valence-corrected chi connectivity index (χ2v) is 10.2. The van der Waals surface area contributed by atoms with Crippen molar-refractivity contribution in [2.45, 2.75) is 142 Å². The van der Waals surface area contributed by atoms with Gasteiger partial charge in [-0.1, -0.05) is 104 Å². The Labute approximate surface area is 198 Å². The number of nitrogens with one attached hydrogen (secondary N) is 1. The predicted molar refractivity (Wildman–Crippen MR) is 133 cm³/mol. The van der Waals surface area contributed by atoms with E-state index in [0.717, 1.165) is 20.0 Å². The third-order valence-electron chi connectivity index (χ3n) is 5.95. The van der Waals surface area contributed by atoms with Gasteiger partial charge in [0, 0.05) is 13.0 Å². The lowest BCUT2D eigenvalue weighted by atomic mass is 10.0. The molecule has 1 amide bonds. The van der Waals surface area contributed by atoms with Crippen molar-refractivity contribution in [2.75, 3.05) is 13.7 Å². The molecule has 6 nitrogen and oxygen atoms in total. The molecule has 0 rings (SSSR count). The molecule has 0 aromatic carbocycles. The van der Waals surface area contributed by atoms with Gasteiger partial charge in [-0.25, -0.2) is 4.18 Å². The average molecular weight is 478 g/mol. The molecule has 7 heteroatoms. The van der Waals surface area contributed by atoms with Gasteiger partial charge in [0.1, 0.15) is 0 Å². The van der Waals surface area contributed by atoms with Crippen LogP contribution in [-0.4, -0.2) is 34.1 Å². The van der Waals surface area contributed by atoms with Crippen molar-refractivity contribution in [3.63, 3.8) is 0 Å². The molecule has 0 aromatic heterocycles. The van der Waals surface area contributed by atoms with Crippen molar-refractivity contribution in [1.29, 1.82) is 0 Å². The Bertz CT molecular complexity index is 524. The van der Waals surface area contributed by atoms with E-state index in [9.17, 15) is 13.2 Å². The smallest absolute Gasteiger partial charge is 0.356 e. The molecule has 0 aliphatic heterocycles. The molecular weight excluding hydrogens is 426 g/mol. The topological polar surface area (TPSA) is 81.7 Å². The van der Waals surface area contributed by atoms with Crippen molar-refractivity contribution in [2.24, 2.45) is 0 Å². The molecule has 1 unspecified atom stereocenters. The summed E-state index contributed by atoms with van der Waals surface area (Å²) in [6, 6.07) is 0. The molecule has 1 N–H and O–H groups in total. The minimum Gasteiger partial charge on any atom is -0.356 e. The summed E-state index contributed by atoms with van der Waals surface area (Å²) in [7, 11) is -2.82. The number of hydrogen-bond acceptors (Lipinski definition) is 5. The minimum absolute atomic E-state index is 0.0816. The SMILES string of the molecule is CCCCCCCCCCCCCCCCCC(=O)NCCCC(CC)OS(=O)(=O)OC. The molecule has 0 spiro atoms. The fourth-order valence-electron chi connectivity index (χ4n) is 3.83. The maximum Gasteiger partial charge on any atom is 0.399 e. The highest BCUT2D eigenvalue weighted by atomic mass is 32.3. The van der Waals surface area contributed by atoms with Crippen LogP contribution in [0.25, 0.3) is 0 Å². The molecule has 1 atom stereocenters. The molecule has 0 fully saturated rings. The number of rotatable bonds is 24. The molecule has 0 aromatic rings. The van der Waals surface area contributed by atoms with Crippen molar-refractivity contribution < 1.29 is 21.6 Å². The van der Waals surface area contributed by atoms with E-state index in [4.69, 9.17) is 4.18 Å². The third-order valence-corrected chi connectivity index (χ3v) is 6.86. The highest BCUT2D eigenvalue weighted by molar-refractivity contribution is 7.81. The van der Waals surface area contributed by atoms with Crippen LogP contribution in [0, 0.1) is 0 Å². The van der Waals surface area contributed by atoms with E-state index >= 15 is 0 Å². The highest BCUT2D eigenvalue weighted by Crippen LogP contribution is 2.14. The monoisotopic (exact) mass is 477 g/mol. The van der Waals surface area contributed by atoms with E-state index < -0.39 is 16.5 Å². The van der Waals surface area contributed by atoms with Crippen LogP contribution in [0.1, 0.15) is 136 Å². The third kappa shape index (κ3) is 21.2. The summed E-state index contributed by atoms with van der Waals surface area (Å²) in [5, 5.41) is 2.91. The first-order valence-corrected chi connectivity index (χ1v) is 14.5. The van der Waals surface area contributed by atoms with Gasteiger partial charge in [0.05, 0.1) is 13.2 Å². The molecule has 0 saturated heterocycles. The van der Waals surface area contributed by atoms with Gasteiger partial charge >= 0.3 is 10.4 Å². The summed E-state index contributed by atoms with van der Waals surface area (Å²) in [4.78, 5) is 11.9. The van der Waals surface area contributed by atoms with Crippen LogP contribution in [0.2, 0.25) is 0 Å². The van der Waals surface area contributed by atoms with Crippen LogP contribution in [0.4, 0.5) is 0 Å². The van der Waals surface area contributed by atoms with Gasteiger partial charge in [0.2, 0.25) is 5.91 Å². The fourth-order valence-corrected chi connectivity index (χ4v) is 4.47. The van der Waals surface area contributed by atoms with Gasteiger partial charge in [0.15, 0.2) is 0 Å². The van der Waals surface area contributed by atoms with Gasteiger partial charge in [0.25, 0.3) is 0 Å². The Morgan fingerprint density at radius 2 is 1.22 bits per heavy atom. The van der Waals surface area contributed by atoms with E-state index in [2.05, 4.69) is 16.4 Å². The van der Waals surface area contributed by atoms with E-state index in [-0.39, 0.29) is 5.91 Å². The van der Waals surface area contributed by atoms with Gasteiger partial charge in [-0.2, -0.15) is 8.42 Å². The normalized spacial score (nSPS) is 12.7. The summed E-state index contributed by atoms with van der Waals surface area (Å²) >= 11 is 0. The fraction of sp³-hybridized carbons (Fsp3) is 0.960. The summed E-state index contributed by atoms with van der Waals surface area (Å²) in [5.41, 5.74) is 0. The summed E-state index contributed by atoms with van der Waals surface area (Å²) in [5.74, 6) is 0.0816. The standard InChI is InChI=1S/C25H51NO5S/c1-4-6-7-8-9-10-11-12-13-14-15-16-17-18-19-22-25(27)26-23-20-21-24(5-2)31-32(28,29)30-3/h24H,4-23H2,1-3H3,(H,26,27). The van der Waals surface area contributed by atoms with Crippen LogP contribution in [-0.2, 0) is 23.6 Å². The van der Waals surface area contributed by atoms with E-state index in [1.54, 1.807) is 0 Å². The second-order valence-electron chi connectivity index (χ2n) is 8.89. The van der Waals surface area contributed by atoms with Crippen molar-refractivity contribution >= 4 is 16.3 Å².